The van der Waals surface area contributed by atoms with Gasteiger partial charge in [-0.2, -0.15) is 8.42 Å². The number of hydrogen-bond acceptors (Lipinski definition) is 2. The molecule has 0 saturated heterocycles. The summed E-state index contributed by atoms with van der Waals surface area (Å²) in [5.74, 6) is 0. The van der Waals surface area contributed by atoms with Crippen molar-refractivity contribution in [3.05, 3.63) is 35.9 Å². The van der Waals surface area contributed by atoms with Crippen LogP contribution >= 0.6 is 0 Å². The Kier molecular flexibility index (Phi) is 5.29. The van der Waals surface area contributed by atoms with E-state index in [1.165, 1.54) is 12.6 Å². The molecule has 0 aromatic heterocycles. The first-order valence-electron chi connectivity index (χ1n) is 3.68. The molecule has 1 rings (SSSR count). The molecular weight excluding hydrogens is 188 g/mol. The van der Waals surface area contributed by atoms with Crippen molar-refractivity contribution in [2.24, 2.45) is 5.14 Å². The second-order valence-corrected chi connectivity index (χ2v) is 3.90. The Morgan fingerprint density at radius 1 is 1.23 bits per heavy atom. The first-order valence-corrected chi connectivity index (χ1v) is 5.23. The molecule has 13 heavy (non-hydrogen) atoms. The molecule has 5 heteroatoms. The molecule has 0 saturated carbocycles. The Hall–Kier alpha value is -0.910. The van der Waals surface area contributed by atoms with E-state index in [0.717, 1.165) is 0 Å². The SMILES string of the molecule is CNS(N)(=O)=O.Cc1ccccc1. The fourth-order valence-electron chi connectivity index (χ4n) is 0.534. The van der Waals surface area contributed by atoms with Crippen LogP contribution in [0.4, 0.5) is 0 Å². The average molecular weight is 202 g/mol. The lowest BCUT2D eigenvalue weighted by Gasteiger charge is -1.85. The van der Waals surface area contributed by atoms with Crippen molar-refractivity contribution in [3.63, 3.8) is 0 Å². The molecular formula is C8H14N2O2S. The minimum Gasteiger partial charge on any atom is -0.216 e. The maximum absolute atomic E-state index is 9.67. The number of aryl methyl sites for hydroxylation is 1. The monoisotopic (exact) mass is 202 g/mol. The molecule has 0 unspecified atom stereocenters. The molecule has 0 bridgehead atoms. The Labute approximate surface area is 79.0 Å². The molecule has 0 atom stereocenters. The van der Waals surface area contributed by atoms with Crippen LogP contribution in [-0.2, 0) is 10.2 Å². The molecule has 0 heterocycles. The van der Waals surface area contributed by atoms with Crippen LogP contribution in [0.15, 0.2) is 30.3 Å². The zero-order chi connectivity index (χ0) is 10.3. The van der Waals surface area contributed by atoms with Crippen molar-refractivity contribution in [2.45, 2.75) is 6.92 Å². The fourth-order valence-corrected chi connectivity index (χ4v) is 0.534. The van der Waals surface area contributed by atoms with Crippen molar-refractivity contribution in [1.82, 2.24) is 4.72 Å². The van der Waals surface area contributed by atoms with Gasteiger partial charge in [-0.15, -0.1) is 0 Å². The summed E-state index contributed by atoms with van der Waals surface area (Å²) in [6.07, 6.45) is 0. The van der Waals surface area contributed by atoms with E-state index >= 15 is 0 Å². The summed E-state index contributed by atoms with van der Waals surface area (Å²) >= 11 is 0. The summed E-state index contributed by atoms with van der Waals surface area (Å²) in [6.45, 7) is 2.08. The maximum Gasteiger partial charge on any atom is 0.274 e. The van der Waals surface area contributed by atoms with E-state index in [9.17, 15) is 8.42 Å². The van der Waals surface area contributed by atoms with Crippen LogP contribution in [0.3, 0.4) is 0 Å². The predicted molar refractivity (Wildman–Crippen MR) is 53.3 cm³/mol. The highest BCUT2D eigenvalue weighted by atomic mass is 32.2. The second-order valence-electron chi connectivity index (χ2n) is 2.40. The summed E-state index contributed by atoms with van der Waals surface area (Å²) in [5.41, 5.74) is 1.32. The van der Waals surface area contributed by atoms with Gasteiger partial charge in [-0.25, -0.2) is 9.86 Å². The first kappa shape index (κ1) is 12.1. The van der Waals surface area contributed by atoms with Gasteiger partial charge in [-0.3, -0.25) is 0 Å². The minimum atomic E-state index is -3.41. The number of nitrogens with one attached hydrogen (secondary N) is 1. The molecule has 0 amide bonds. The summed E-state index contributed by atoms with van der Waals surface area (Å²) in [4.78, 5) is 0. The topological polar surface area (TPSA) is 72.2 Å². The molecule has 1 aromatic rings. The van der Waals surface area contributed by atoms with Gasteiger partial charge in [-0.05, 0) is 6.92 Å². The molecule has 3 N–H and O–H groups in total. The Morgan fingerprint density at radius 3 is 1.77 bits per heavy atom. The summed E-state index contributed by atoms with van der Waals surface area (Å²) < 4.78 is 21.2. The van der Waals surface area contributed by atoms with Crippen LogP contribution in [0.5, 0.6) is 0 Å². The quantitative estimate of drug-likeness (QED) is 0.692. The lowest BCUT2D eigenvalue weighted by atomic mass is 10.2. The van der Waals surface area contributed by atoms with Gasteiger partial charge >= 0.3 is 0 Å². The molecule has 1 aromatic carbocycles. The smallest absolute Gasteiger partial charge is 0.216 e. The van der Waals surface area contributed by atoms with Gasteiger partial charge in [0.15, 0.2) is 0 Å². The van der Waals surface area contributed by atoms with Crippen molar-refractivity contribution in [2.75, 3.05) is 7.05 Å². The fraction of sp³-hybridized carbons (Fsp3) is 0.250. The van der Waals surface area contributed by atoms with Gasteiger partial charge in [-0.1, -0.05) is 35.9 Å². The summed E-state index contributed by atoms with van der Waals surface area (Å²) in [7, 11) is -2.17. The third kappa shape index (κ3) is 9.00. The van der Waals surface area contributed by atoms with Crippen molar-refractivity contribution < 1.29 is 8.42 Å². The average Bonchev–Trinajstić information content (AvgIpc) is 2.06. The Morgan fingerprint density at radius 2 is 1.62 bits per heavy atom. The molecule has 0 aliphatic rings. The van der Waals surface area contributed by atoms with Gasteiger partial charge < -0.3 is 0 Å². The second kappa shape index (κ2) is 5.69. The highest BCUT2D eigenvalue weighted by molar-refractivity contribution is 7.87. The third-order valence-electron chi connectivity index (χ3n) is 1.22. The number of rotatable bonds is 1. The van der Waals surface area contributed by atoms with Crippen molar-refractivity contribution in [1.29, 1.82) is 0 Å². The largest absolute Gasteiger partial charge is 0.274 e. The van der Waals surface area contributed by atoms with E-state index in [-0.39, 0.29) is 0 Å². The van der Waals surface area contributed by atoms with Crippen LogP contribution in [0.25, 0.3) is 0 Å². The molecule has 4 nitrogen and oxygen atoms in total. The van der Waals surface area contributed by atoms with Crippen LogP contribution in [0.1, 0.15) is 5.56 Å². The predicted octanol–water partition coefficient (Wildman–Crippen LogP) is 0.404. The Bertz CT molecular complexity index is 321. The van der Waals surface area contributed by atoms with Gasteiger partial charge in [0, 0.05) is 7.05 Å². The van der Waals surface area contributed by atoms with Gasteiger partial charge in [0.2, 0.25) is 0 Å². The van der Waals surface area contributed by atoms with E-state index in [1.807, 2.05) is 22.9 Å². The van der Waals surface area contributed by atoms with E-state index in [0.29, 0.717) is 0 Å². The van der Waals surface area contributed by atoms with Crippen LogP contribution < -0.4 is 9.86 Å². The number of benzene rings is 1. The molecule has 0 spiro atoms. The standard InChI is InChI=1S/C7H8.CH6N2O2S/c1-7-5-3-2-4-6-7;1-3-6(2,4)5/h2-6H,1H3;3H,1H3,(H2,2,4,5). The maximum atomic E-state index is 9.67. The summed E-state index contributed by atoms with van der Waals surface area (Å²) in [6, 6.07) is 10.3. The number of hydrogen-bond donors (Lipinski definition) is 2. The van der Waals surface area contributed by atoms with Crippen molar-refractivity contribution >= 4 is 10.2 Å². The van der Waals surface area contributed by atoms with Gasteiger partial charge in [0.1, 0.15) is 0 Å². The van der Waals surface area contributed by atoms with Gasteiger partial charge in [0.25, 0.3) is 10.2 Å². The zero-order valence-corrected chi connectivity index (χ0v) is 8.51. The van der Waals surface area contributed by atoms with E-state index in [2.05, 4.69) is 24.2 Å². The normalized spacial score (nSPS) is 10.1. The lowest BCUT2D eigenvalue weighted by molar-refractivity contribution is 0.590. The van der Waals surface area contributed by atoms with E-state index < -0.39 is 10.2 Å². The van der Waals surface area contributed by atoms with E-state index in [4.69, 9.17) is 0 Å². The van der Waals surface area contributed by atoms with E-state index in [1.54, 1.807) is 0 Å². The number of nitrogens with two attached hydrogens (primary N) is 1. The van der Waals surface area contributed by atoms with Crippen LogP contribution in [0.2, 0.25) is 0 Å². The highest BCUT2D eigenvalue weighted by Gasteiger charge is 1.88. The molecule has 0 aliphatic heterocycles. The van der Waals surface area contributed by atoms with Crippen LogP contribution in [0, 0.1) is 6.92 Å². The molecule has 0 aliphatic carbocycles. The van der Waals surface area contributed by atoms with Crippen LogP contribution in [-0.4, -0.2) is 15.5 Å². The molecule has 74 valence electrons. The summed E-state index contributed by atoms with van der Waals surface area (Å²) in [5, 5.41) is 4.40. The lowest BCUT2D eigenvalue weighted by Crippen LogP contribution is -2.26. The van der Waals surface area contributed by atoms with Crippen molar-refractivity contribution in [3.8, 4) is 0 Å². The third-order valence-corrected chi connectivity index (χ3v) is 1.79. The molecule has 0 radical (unpaired) electrons. The zero-order valence-electron chi connectivity index (χ0n) is 7.69. The minimum absolute atomic E-state index is 1.25. The van der Waals surface area contributed by atoms with Gasteiger partial charge in [0.05, 0.1) is 0 Å². The Balaban J connectivity index is 0.000000226. The highest BCUT2D eigenvalue weighted by Crippen LogP contribution is 1.92. The molecule has 0 fully saturated rings. The first-order chi connectivity index (χ1) is 5.95.